The minimum atomic E-state index is 0.357. The summed E-state index contributed by atoms with van der Waals surface area (Å²) in [6, 6.07) is 6.36. The van der Waals surface area contributed by atoms with Crippen LogP contribution in [0.3, 0.4) is 0 Å². The van der Waals surface area contributed by atoms with Crippen molar-refractivity contribution in [1.82, 2.24) is 9.80 Å². The molecule has 3 fully saturated rings. The molecular formula is C21H32N2O3. The van der Waals surface area contributed by atoms with Crippen molar-refractivity contribution >= 4 is 0 Å². The van der Waals surface area contributed by atoms with Gasteiger partial charge in [0.05, 0.1) is 26.4 Å². The first-order valence-corrected chi connectivity index (χ1v) is 10.2. The van der Waals surface area contributed by atoms with E-state index in [1.165, 1.54) is 38.0 Å². The van der Waals surface area contributed by atoms with Crippen LogP contribution in [-0.2, 0) is 11.3 Å². The first-order valence-electron chi connectivity index (χ1n) is 10.2. The normalized spacial score (nSPS) is 27.3. The van der Waals surface area contributed by atoms with Crippen molar-refractivity contribution < 1.29 is 14.2 Å². The van der Waals surface area contributed by atoms with Gasteiger partial charge in [0.15, 0.2) is 0 Å². The zero-order chi connectivity index (χ0) is 17.8. The average molecular weight is 360 g/mol. The fraction of sp³-hybridized carbons (Fsp3) is 0.714. The number of rotatable bonds is 7. The number of likely N-dealkylation sites (tertiary alicyclic amines) is 1. The van der Waals surface area contributed by atoms with Crippen LogP contribution in [0.15, 0.2) is 18.2 Å². The van der Waals surface area contributed by atoms with Crippen molar-refractivity contribution in [1.29, 1.82) is 0 Å². The lowest BCUT2D eigenvalue weighted by Crippen LogP contribution is -2.45. The number of hydrogen-bond donors (Lipinski definition) is 0. The van der Waals surface area contributed by atoms with Crippen LogP contribution >= 0.6 is 0 Å². The number of morpholine rings is 1. The minimum Gasteiger partial charge on any atom is -0.496 e. The third kappa shape index (κ3) is 4.51. The second kappa shape index (κ2) is 8.59. The molecule has 1 saturated carbocycles. The van der Waals surface area contributed by atoms with Gasteiger partial charge in [-0.15, -0.1) is 0 Å². The summed E-state index contributed by atoms with van der Waals surface area (Å²) >= 11 is 0. The van der Waals surface area contributed by atoms with E-state index in [9.17, 15) is 0 Å². The van der Waals surface area contributed by atoms with Gasteiger partial charge in [0.25, 0.3) is 0 Å². The summed E-state index contributed by atoms with van der Waals surface area (Å²) in [5.41, 5.74) is 1.26. The maximum Gasteiger partial charge on any atom is 0.127 e. The van der Waals surface area contributed by atoms with Crippen molar-refractivity contribution in [2.75, 3.05) is 53.0 Å². The van der Waals surface area contributed by atoms with E-state index in [1.807, 2.05) is 0 Å². The number of methoxy groups -OCH3 is 1. The van der Waals surface area contributed by atoms with E-state index in [-0.39, 0.29) is 0 Å². The summed E-state index contributed by atoms with van der Waals surface area (Å²) in [7, 11) is 1.76. The van der Waals surface area contributed by atoms with Crippen LogP contribution < -0.4 is 9.47 Å². The van der Waals surface area contributed by atoms with Gasteiger partial charge in [0.1, 0.15) is 11.5 Å². The smallest absolute Gasteiger partial charge is 0.127 e. The largest absolute Gasteiger partial charge is 0.496 e. The van der Waals surface area contributed by atoms with E-state index in [4.69, 9.17) is 14.2 Å². The fourth-order valence-corrected chi connectivity index (χ4v) is 4.37. The fourth-order valence-electron chi connectivity index (χ4n) is 4.37. The lowest BCUT2D eigenvalue weighted by Gasteiger charge is -2.39. The highest BCUT2D eigenvalue weighted by Crippen LogP contribution is 2.34. The molecule has 26 heavy (non-hydrogen) atoms. The van der Waals surface area contributed by atoms with Crippen molar-refractivity contribution in [3.05, 3.63) is 23.8 Å². The number of ether oxygens (including phenoxy) is 3. The molecule has 0 atom stereocenters. The van der Waals surface area contributed by atoms with E-state index in [0.717, 1.165) is 63.1 Å². The van der Waals surface area contributed by atoms with E-state index in [1.54, 1.807) is 7.11 Å². The summed E-state index contributed by atoms with van der Waals surface area (Å²) in [5.74, 6) is 2.68. The molecule has 0 N–H and O–H groups in total. The Morgan fingerprint density at radius 1 is 1.04 bits per heavy atom. The first-order chi connectivity index (χ1) is 12.8. The molecule has 2 saturated heterocycles. The van der Waals surface area contributed by atoms with E-state index < -0.39 is 0 Å². The SMILES string of the molecule is COc1cc(OC2CC(CN3CCOCC3)C2)ccc1CN1CCCC1. The Hall–Kier alpha value is -1.30. The maximum atomic E-state index is 6.20. The van der Waals surface area contributed by atoms with Crippen molar-refractivity contribution in [3.63, 3.8) is 0 Å². The number of benzene rings is 1. The molecule has 0 radical (unpaired) electrons. The predicted octanol–water partition coefficient (Wildman–Crippen LogP) is 2.78. The molecule has 0 unspecified atom stereocenters. The van der Waals surface area contributed by atoms with Gasteiger partial charge in [0.2, 0.25) is 0 Å². The second-order valence-electron chi connectivity index (χ2n) is 7.95. The van der Waals surface area contributed by atoms with Crippen LogP contribution in [0, 0.1) is 5.92 Å². The summed E-state index contributed by atoms with van der Waals surface area (Å²) in [5, 5.41) is 0. The molecule has 0 aromatic heterocycles. The molecule has 5 heteroatoms. The highest BCUT2D eigenvalue weighted by atomic mass is 16.5. The predicted molar refractivity (Wildman–Crippen MR) is 102 cm³/mol. The Kier molecular flexibility index (Phi) is 5.98. The topological polar surface area (TPSA) is 34.2 Å². The summed E-state index contributed by atoms with van der Waals surface area (Å²) in [6.45, 7) is 8.51. The second-order valence-corrected chi connectivity index (χ2v) is 7.95. The molecule has 1 aromatic carbocycles. The molecule has 4 rings (SSSR count). The zero-order valence-corrected chi connectivity index (χ0v) is 16.0. The summed E-state index contributed by atoms with van der Waals surface area (Å²) < 4.78 is 17.3. The molecule has 1 aliphatic carbocycles. The van der Waals surface area contributed by atoms with Gasteiger partial charge in [-0.2, -0.15) is 0 Å². The molecule has 0 amide bonds. The van der Waals surface area contributed by atoms with Crippen LogP contribution in [0.25, 0.3) is 0 Å². The molecule has 5 nitrogen and oxygen atoms in total. The number of hydrogen-bond acceptors (Lipinski definition) is 5. The van der Waals surface area contributed by atoms with Gasteiger partial charge < -0.3 is 14.2 Å². The first kappa shape index (κ1) is 18.1. The standard InChI is InChI=1S/C21H32N2O3/c1-24-21-14-19(5-4-18(21)16-22-6-2-3-7-22)26-20-12-17(13-20)15-23-8-10-25-11-9-23/h4-5,14,17,20H,2-3,6-13,15-16H2,1H3. The Morgan fingerprint density at radius 3 is 2.54 bits per heavy atom. The molecule has 2 aliphatic heterocycles. The average Bonchev–Trinajstić information content (AvgIpc) is 3.15. The van der Waals surface area contributed by atoms with Crippen LogP contribution in [-0.4, -0.2) is 69.0 Å². The van der Waals surface area contributed by atoms with Gasteiger partial charge in [-0.3, -0.25) is 9.80 Å². The molecular weight excluding hydrogens is 328 g/mol. The maximum absolute atomic E-state index is 6.20. The Labute approximate surface area is 157 Å². The Balaban J connectivity index is 1.26. The molecule has 0 bridgehead atoms. The van der Waals surface area contributed by atoms with E-state index >= 15 is 0 Å². The van der Waals surface area contributed by atoms with Crippen LogP contribution in [0.1, 0.15) is 31.2 Å². The van der Waals surface area contributed by atoms with Crippen molar-refractivity contribution in [2.24, 2.45) is 5.92 Å². The number of nitrogens with zero attached hydrogens (tertiary/aromatic N) is 2. The zero-order valence-electron chi connectivity index (χ0n) is 16.0. The molecule has 3 aliphatic rings. The van der Waals surface area contributed by atoms with Crippen molar-refractivity contribution in [3.8, 4) is 11.5 Å². The van der Waals surface area contributed by atoms with Gasteiger partial charge >= 0.3 is 0 Å². The molecule has 2 heterocycles. The van der Waals surface area contributed by atoms with Gasteiger partial charge in [-0.05, 0) is 50.8 Å². The van der Waals surface area contributed by atoms with Gasteiger partial charge in [0, 0.05) is 37.8 Å². The van der Waals surface area contributed by atoms with Crippen LogP contribution in [0.2, 0.25) is 0 Å². The third-order valence-corrected chi connectivity index (χ3v) is 5.97. The van der Waals surface area contributed by atoms with Gasteiger partial charge in [-0.1, -0.05) is 6.07 Å². The molecule has 1 aromatic rings. The van der Waals surface area contributed by atoms with Crippen LogP contribution in [0.4, 0.5) is 0 Å². The highest BCUT2D eigenvalue weighted by Gasteiger charge is 2.32. The van der Waals surface area contributed by atoms with Gasteiger partial charge in [-0.25, -0.2) is 0 Å². The molecule has 0 spiro atoms. The van der Waals surface area contributed by atoms with Crippen molar-refractivity contribution in [2.45, 2.75) is 38.3 Å². The lowest BCUT2D eigenvalue weighted by molar-refractivity contribution is 0.0000944. The highest BCUT2D eigenvalue weighted by molar-refractivity contribution is 5.41. The van der Waals surface area contributed by atoms with E-state index in [2.05, 4.69) is 28.0 Å². The Bertz CT molecular complexity index is 577. The van der Waals surface area contributed by atoms with E-state index in [0.29, 0.717) is 6.10 Å². The Morgan fingerprint density at radius 2 is 1.81 bits per heavy atom. The quantitative estimate of drug-likeness (QED) is 0.747. The lowest BCUT2D eigenvalue weighted by atomic mass is 9.82. The molecule has 144 valence electrons. The van der Waals surface area contributed by atoms with Crippen LogP contribution in [0.5, 0.6) is 11.5 Å². The monoisotopic (exact) mass is 360 g/mol. The summed E-state index contributed by atoms with van der Waals surface area (Å²) in [6.07, 6.45) is 5.31. The third-order valence-electron chi connectivity index (χ3n) is 5.97. The minimum absolute atomic E-state index is 0.357. The summed E-state index contributed by atoms with van der Waals surface area (Å²) in [4.78, 5) is 5.03.